The van der Waals surface area contributed by atoms with Crippen LogP contribution in [0.3, 0.4) is 0 Å². The van der Waals surface area contributed by atoms with Crippen molar-refractivity contribution >= 4 is 56.5 Å². The number of aromatic amines is 1. The maximum Gasteiger partial charge on any atom is 0.343 e. The third-order valence-corrected chi connectivity index (χ3v) is 7.08. The van der Waals surface area contributed by atoms with Crippen LogP contribution in [0.1, 0.15) is 26.4 Å². The van der Waals surface area contributed by atoms with Crippen molar-refractivity contribution in [3.8, 4) is 28.4 Å². The van der Waals surface area contributed by atoms with Gasteiger partial charge in [-0.2, -0.15) is 5.10 Å². The van der Waals surface area contributed by atoms with Crippen LogP contribution in [0, 0.1) is 0 Å². The average Bonchev–Trinajstić information content (AvgIpc) is 3.38. The van der Waals surface area contributed by atoms with E-state index in [2.05, 4.69) is 31.4 Å². The highest BCUT2D eigenvalue weighted by atomic mass is 79.9. The number of rotatable bonds is 8. The van der Waals surface area contributed by atoms with Crippen molar-refractivity contribution in [2.75, 3.05) is 14.2 Å². The summed E-state index contributed by atoms with van der Waals surface area (Å²) in [5.74, 6) is 0.418. The molecule has 0 bridgehead atoms. The molecule has 1 aromatic heterocycles. The minimum atomic E-state index is -0.551. The Hall–Kier alpha value is -4.60. The van der Waals surface area contributed by atoms with Crippen molar-refractivity contribution in [3.05, 3.63) is 111 Å². The van der Waals surface area contributed by atoms with Crippen LogP contribution >= 0.6 is 27.5 Å². The fourth-order valence-electron chi connectivity index (χ4n) is 4.29. The fraction of sp³-hybridized carbons (Fsp3) is 0.0645. The molecule has 0 saturated carbocycles. The Morgan fingerprint density at radius 3 is 2.44 bits per heavy atom. The predicted molar refractivity (Wildman–Crippen MR) is 162 cm³/mol. The number of aromatic nitrogens is 1. The molecule has 8 nitrogen and oxygen atoms in total. The molecule has 5 aromatic rings. The molecule has 4 aromatic carbocycles. The first-order valence-corrected chi connectivity index (χ1v) is 13.5. The highest BCUT2D eigenvalue weighted by molar-refractivity contribution is 9.10. The number of benzene rings is 4. The summed E-state index contributed by atoms with van der Waals surface area (Å²) in [6, 6.07) is 24.5. The minimum absolute atomic E-state index is 0.259. The summed E-state index contributed by atoms with van der Waals surface area (Å²) in [5.41, 5.74) is 5.60. The molecule has 0 saturated heterocycles. The second-order valence-corrected chi connectivity index (χ2v) is 10.1. The number of H-pyrrole nitrogens is 1. The Bertz CT molecular complexity index is 1780. The standard InChI is InChI=1S/C31H23BrClN3O5/c1-39-21-13-10-18(11-14-21)31(38)41-25-15-12-20(32)16-19(25)17-34-36-30(37)29-27(22-6-3-4-8-24(22)33)23-7-5-9-26(40-2)28(23)35-29/h3-17,35H,1-2H3,(H,36,37). The molecular weight excluding hydrogens is 610 g/mol. The summed E-state index contributed by atoms with van der Waals surface area (Å²) in [5, 5.41) is 5.42. The molecule has 0 fully saturated rings. The SMILES string of the molecule is COc1ccc(C(=O)Oc2ccc(Br)cc2C=NNC(=O)c2[nH]c3c(OC)cccc3c2-c2ccccc2Cl)cc1. The van der Waals surface area contributed by atoms with Crippen LogP contribution in [-0.4, -0.2) is 37.3 Å². The normalized spacial score (nSPS) is 11.0. The molecule has 41 heavy (non-hydrogen) atoms. The Labute approximate surface area is 249 Å². The van der Waals surface area contributed by atoms with E-state index >= 15 is 0 Å². The zero-order valence-electron chi connectivity index (χ0n) is 21.9. The summed E-state index contributed by atoms with van der Waals surface area (Å²) < 4.78 is 17.0. The summed E-state index contributed by atoms with van der Waals surface area (Å²) >= 11 is 9.95. The van der Waals surface area contributed by atoms with Gasteiger partial charge in [0.15, 0.2) is 0 Å². The molecule has 10 heteroatoms. The Morgan fingerprint density at radius 1 is 0.927 bits per heavy atom. The number of carbonyl (C=O) groups is 2. The lowest BCUT2D eigenvalue weighted by molar-refractivity contribution is 0.0734. The lowest BCUT2D eigenvalue weighted by Gasteiger charge is -2.09. The van der Waals surface area contributed by atoms with Gasteiger partial charge in [0.05, 0.1) is 31.5 Å². The van der Waals surface area contributed by atoms with Crippen LogP contribution in [0.4, 0.5) is 0 Å². The number of esters is 1. The van der Waals surface area contributed by atoms with Gasteiger partial charge in [-0.3, -0.25) is 4.79 Å². The monoisotopic (exact) mass is 631 g/mol. The van der Waals surface area contributed by atoms with E-state index in [9.17, 15) is 9.59 Å². The Balaban J connectivity index is 1.43. The maximum absolute atomic E-state index is 13.4. The van der Waals surface area contributed by atoms with Gasteiger partial charge in [-0.25, -0.2) is 10.2 Å². The highest BCUT2D eigenvalue weighted by Crippen LogP contribution is 2.39. The van der Waals surface area contributed by atoms with Crippen LogP contribution in [0.2, 0.25) is 5.02 Å². The van der Waals surface area contributed by atoms with Crippen molar-refractivity contribution in [2.24, 2.45) is 5.10 Å². The molecule has 1 heterocycles. The van der Waals surface area contributed by atoms with E-state index < -0.39 is 11.9 Å². The Morgan fingerprint density at radius 2 is 1.71 bits per heavy atom. The predicted octanol–water partition coefficient (Wildman–Crippen LogP) is 7.25. The number of hydrogen-bond donors (Lipinski definition) is 2. The highest BCUT2D eigenvalue weighted by Gasteiger charge is 2.22. The molecule has 0 spiro atoms. The van der Waals surface area contributed by atoms with Crippen LogP contribution in [0.5, 0.6) is 17.2 Å². The molecule has 0 radical (unpaired) electrons. The lowest BCUT2D eigenvalue weighted by atomic mass is 10.0. The lowest BCUT2D eigenvalue weighted by Crippen LogP contribution is -2.19. The van der Waals surface area contributed by atoms with Crippen molar-refractivity contribution < 1.29 is 23.8 Å². The maximum atomic E-state index is 13.4. The third-order valence-electron chi connectivity index (χ3n) is 6.26. The van der Waals surface area contributed by atoms with Crippen LogP contribution in [0.15, 0.2) is 94.5 Å². The summed E-state index contributed by atoms with van der Waals surface area (Å²) in [4.78, 5) is 29.3. The number of hydrogen-bond acceptors (Lipinski definition) is 6. The van der Waals surface area contributed by atoms with Gasteiger partial charge < -0.3 is 19.2 Å². The summed E-state index contributed by atoms with van der Waals surface area (Å²) in [6.45, 7) is 0. The van der Waals surface area contributed by atoms with Crippen LogP contribution in [0.25, 0.3) is 22.0 Å². The van der Waals surface area contributed by atoms with E-state index in [1.165, 1.54) is 6.21 Å². The van der Waals surface area contributed by atoms with Crippen molar-refractivity contribution in [2.45, 2.75) is 0 Å². The van der Waals surface area contributed by atoms with Crippen molar-refractivity contribution in [3.63, 3.8) is 0 Å². The van der Waals surface area contributed by atoms with Gasteiger partial charge >= 0.3 is 5.97 Å². The molecule has 0 aliphatic heterocycles. The molecular formula is C31H23BrClN3O5. The largest absolute Gasteiger partial charge is 0.497 e. The van der Waals surface area contributed by atoms with Crippen LogP contribution in [-0.2, 0) is 0 Å². The van der Waals surface area contributed by atoms with Gasteiger partial charge in [0.2, 0.25) is 0 Å². The number of hydrazone groups is 1. The zero-order chi connectivity index (χ0) is 28.9. The van der Waals surface area contributed by atoms with Gasteiger partial charge in [0, 0.05) is 31.6 Å². The van der Waals surface area contributed by atoms with Crippen molar-refractivity contribution in [1.82, 2.24) is 10.4 Å². The van der Waals surface area contributed by atoms with Gasteiger partial charge in [-0.15, -0.1) is 0 Å². The number of fused-ring (bicyclic) bond motifs is 1. The molecule has 5 rings (SSSR count). The topological polar surface area (TPSA) is 102 Å². The Kier molecular flexibility index (Phi) is 8.37. The molecule has 0 unspecified atom stereocenters. The second-order valence-electron chi connectivity index (χ2n) is 8.74. The molecule has 0 aliphatic rings. The molecule has 206 valence electrons. The number of methoxy groups -OCH3 is 2. The first kappa shape index (κ1) is 27.9. The van der Waals surface area contributed by atoms with E-state index in [0.717, 1.165) is 9.86 Å². The van der Waals surface area contributed by atoms with E-state index in [1.54, 1.807) is 68.8 Å². The van der Waals surface area contributed by atoms with Gasteiger partial charge in [0.25, 0.3) is 5.91 Å². The quantitative estimate of drug-likeness (QED) is 0.0812. The van der Waals surface area contributed by atoms with E-state index in [4.69, 9.17) is 25.8 Å². The minimum Gasteiger partial charge on any atom is -0.497 e. The van der Waals surface area contributed by atoms with E-state index in [-0.39, 0.29) is 11.4 Å². The number of carbonyl (C=O) groups excluding carboxylic acids is 2. The number of nitrogens with one attached hydrogen (secondary N) is 2. The fourth-order valence-corrected chi connectivity index (χ4v) is 4.90. The number of halogens is 2. The third kappa shape index (κ3) is 5.96. The molecule has 0 atom stereocenters. The van der Waals surface area contributed by atoms with E-state index in [0.29, 0.717) is 44.3 Å². The average molecular weight is 633 g/mol. The first-order chi connectivity index (χ1) is 19.9. The number of ether oxygens (including phenoxy) is 3. The summed E-state index contributed by atoms with van der Waals surface area (Å²) in [6.07, 6.45) is 1.40. The smallest absolute Gasteiger partial charge is 0.343 e. The second kappa shape index (κ2) is 12.3. The van der Waals surface area contributed by atoms with Crippen LogP contribution < -0.4 is 19.6 Å². The number of amides is 1. The first-order valence-electron chi connectivity index (χ1n) is 12.3. The molecule has 0 aliphatic carbocycles. The number of para-hydroxylation sites is 1. The summed E-state index contributed by atoms with van der Waals surface area (Å²) in [7, 11) is 3.11. The molecule has 1 amide bonds. The molecule has 2 N–H and O–H groups in total. The van der Waals surface area contributed by atoms with E-state index in [1.807, 2.05) is 30.3 Å². The van der Waals surface area contributed by atoms with Crippen molar-refractivity contribution in [1.29, 1.82) is 0 Å². The van der Waals surface area contributed by atoms with Gasteiger partial charge in [-0.1, -0.05) is 57.9 Å². The zero-order valence-corrected chi connectivity index (χ0v) is 24.2. The van der Waals surface area contributed by atoms with Gasteiger partial charge in [-0.05, 0) is 54.6 Å². The van der Waals surface area contributed by atoms with Gasteiger partial charge in [0.1, 0.15) is 22.9 Å². The number of nitrogens with zero attached hydrogens (tertiary/aromatic N) is 1.